The van der Waals surface area contributed by atoms with Gasteiger partial charge in [-0.1, -0.05) is 11.6 Å². The van der Waals surface area contributed by atoms with Gasteiger partial charge in [0, 0.05) is 6.08 Å². The van der Waals surface area contributed by atoms with Crippen LogP contribution < -0.4 is 4.74 Å². The number of hydrogen-bond acceptors (Lipinski definition) is 3. The second kappa shape index (κ2) is 5.71. The number of carbonyl (C=O) groups excluding carboxylic acids is 1. The van der Waals surface area contributed by atoms with Gasteiger partial charge in [-0.25, -0.2) is 4.79 Å². The van der Waals surface area contributed by atoms with Gasteiger partial charge in [-0.05, 0) is 49.4 Å². The Kier molecular flexibility index (Phi) is 4.03. The highest BCUT2D eigenvalue weighted by Crippen LogP contribution is 2.28. The van der Waals surface area contributed by atoms with Crippen molar-refractivity contribution in [2.24, 2.45) is 0 Å². The minimum Gasteiger partial charge on any atom is -0.497 e. The Hall–Kier alpha value is -1.77. The summed E-state index contributed by atoms with van der Waals surface area (Å²) in [5.41, 5.74) is 3.74. The van der Waals surface area contributed by atoms with Crippen LogP contribution in [0.2, 0.25) is 0 Å². The normalized spacial score (nSPS) is 16.2. The fourth-order valence-corrected chi connectivity index (χ4v) is 2.24. The van der Waals surface area contributed by atoms with Gasteiger partial charge in [-0.3, -0.25) is 0 Å². The second-order valence-electron chi connectivity index (χ2n) is 4.37. The number of ether oxygens (including phenoxy) is 2. The van der Waals surface area contributed by atoms with Gasteiger partial charge in [0.25, 0.3) is 0 Å². The molecular weight excluding hydrogens is 228 g/mol. The van der Waals surface area contributed by atoms with Gasteiger partial charge in [-0.2, -0.15) is 0 Å². The van der Waals surface area contributed by atoms with Crippen LogP contribution in [0.25, 0.3) is 0 Å². The van der Waals surface area contributed by atoms with Gasteiger partial charge in [0.2, 0.25) is 0 Å². The molecule has 0 aromatic heterocycles. The Labute approximate surface area is 107 Å². The van der Waals surface area contributed by atoms with E-state index in [1.165, 1.54) is 11.1 Å². The highest BCUT2D eigenvalue weighted by Gasteiger charge is 2.14. The molecule has 0 atom stereocenters. The Balaban J connectivity index is 2.13. The zero-order chi connectivity index (χ0) is 13.0. The summed E-state index contributed by atoms with van der Waals surface area (Å²) < 4.78 is 10.1. The van der Waals surface area contributed by atoms with Crippen LogP contribution in [0.3, 0.4) is 0 Å². The van der Waals surface area contributed by atoms with Gasteiger partial charge in [0.15, 0.2) is 0 Å². The van der Waals surface area contributed by atoms with Crippen molar-refractivity contribution >= 4 is 5.97 Å². The molecule has 0 amide bonds. The number of methoxy groups -OCH3 is 1. The van der Waals surface area contributed by atoms with Gasteiger partial charge in [-0.15, -0.1) is 0 Å². The van der Waals surface area contributed by atoms with Crippen LogP contribution in [0.15, 0.2) is 29.8 Å². The first kappa shape index (κ1) is 12.7. The van der Waals surface area contributed by atoms with Crippen molar-refractivity contribution in [3.63, 3.8) is 0 Å². The van der Waals surface area contributed by atoms with Gasteiger partial charge < -0.3 is 9.47 Å². The molecule has 0 N–H and O–H groups in total. The fraction of sp³-hybridized carbons (Fsp3) is 0.400. The summed E-state index contributed by atoms with van der Waals surface area (Å²) >= 11 is 0. The molecule has 1 aromatic rings. The molecule has 0 fully saturated rings. The maximum absolute atomic E-state index is 11.4. The van der Waals surface area contributed by atoms with E-state index in [0.717, 1.165) is 30.6 Å². The van der Waals surface area contributed by atoms with Crippen LogP contribution in [-0.2, 0) is 22.4 Å². The first-order valence-corrected chi connectivity index (χ1v) is 6.25. The number of hydrogen-bond donors (Lipinski definition) is 0. The fourth-order valence-electron chi connectivity index (χ4n) is 2.24. The number of esters is 1. The monoisotopic (exact) mass is 246 g/mol. The van der Waals surface area contributed by atoms with Crippen molar-refractivity contribution in [1.29, 1.82) is 0 Å². The molecule has 0 saturated carbocycles. The van der Waals surface area contributed by atoms with E-state index in [9.17, 15) is 4.79 Å². The molecule has 1 aliphatic rings. The van der Waals surface area contributed by atoms with Crippen LogP contribution in [0, 0.1) is 0 Å². The predicted molar refractivity (Wildman–Crippen MR) is 69.7 cm³/mol. The van der Waals surface area contributed by atoms with Crippen molar-refractivity contribution in [3.8, 4) is 5.75 Å². The lowest BCUT2D eigenvalue weighted by atomic mass is 9.88. The molecule has 3 nitrogen and oxygen atoms in total. The molecule has 0 bridgehead atoms. The lowest BCUT2D eigenvalue weighted by Gasteiger charge is -2.19. The van der Waals surface area contributed by atoms with Crippen LogP contribution >= 0.6 is 0 Å². The first-order valence-electron chi connectivity index (χ1n) is 6.25. The lowest BCUT2D eigenvalue weighted by molar-refractivity contribution is -0.137. The maximum Gasteiger partial charge on any atom is 0.330 e. The summed E-state index contributed by atoms with van der Waals surface area (Å²) in [5.74, 6) is 0.663. The molecule has 96 valence electrons. The van der Waals surface area contributed by atoms with Gasteiger partial charge in [0.1, 0.15) is 5.75 Å². The van der Waals surface area contributed by atoms with E-state index in [1.807, 2.05) is 13.0 Å². The molecule has 0 spiro atoms. The Bertz CT molecular complexity index is 475. The highest BCUT2D eigenvalue weighted by molar-refractivity contribution is 5.83. The van der Waals surface area contributed by atoms with E-state index >= 15 is 0 Å². The zero-order valence-corrected chi connectivity index (χ0v) is 10.9. The molecule has 0 unspecified atom stereocenters. The number of aryl methyl sites for hydroxylation is 1. The average Bonchev–Trinajstić information content (AvgIpc) is 2.38. The van der Waals surface area contributed by atoms with Crippen molar-refractivity contribution in [2.75, 3.05) is 13.7 Å². The summed E-state index contributed by atoms with van der Waals surface area (Å²) in [4.78, 5) is 11.4. The molecule has 0 heterocycles. The minimum absolute atomic E-state index is 0.232. The average molecular weight is 246 g/mol. The molecule has 1 aliphatic carbocycles. The van der Waals surface area contributed by atoms with E-state index in [0.29, 0.717) is 6.61 Å². The predicted octanol–water partition coefficient (Wildman–Crippen LogP) is 2.67. The molecule has 2 rings (SSSR count). The smallest absolute Gasteiger partial charge is 0.330 e. The molecule has 3 heteroatoms. The van der Waals surface area contributed by atoms with Crippen molar-refractivity contribution < 1.29 is 14.3 Å². The van der Waals surface area contributed by atoms with E-state index in [2.05, 4.69) is 12.1 Å². The Morgan fingerprint density at radius 1 is 1.33 bits per heavy atom. The number of fused-ring (bicyclic) bond motifs is 1. The lowest BCUT2D eigenvalue weighted by Crippen LogP contribution is -2.09. The van der Waals surface area contributed by atoms with Crippen LogP contribution in [0.1, 0.15) is 24.5 Å². The molecule has 0 radical (unpaired) electrons. The summed E-state index contributed by atoms with van der Waals surface area (Å²) in [6.45, 7) is 2.25. The Morgan fingerprint density at radius 2 is 2.17 bits per heavy atom. The zero-order valence-electron chi connectivity index (χ0n) is 10.9. The van der Waals surface area contributed by atoms with Crippen molar-refractivity contribution in [2.45, 2.75) is 26.2 Å². The molecular formula is C15H18O3. The van der Waals surface area contributed by atoms with Crippen LogP contribution in [0.5, 0.6) is 5.75 Å². The van der Waals surface area contributed by atoms with Crippen molar-refractivity contribution in [3.05, 3.63) is 41.0 Å². The third-order valence-corrected chi connectivity index (χ3v) is 3.15. The maximum atomic E-state index is 11.4. The highest BCUT2D eigenvalue weighted by atomic mass is 16.5. The Morgan fingerprint density at radius 3 is 2.89 bits per heavy atom. The second-order valence-corrected chi connectivity index (χ2v) is 4.37. The summed E-state index contributed by atoms with van der Waals surface area (Å²) in [6, 6.07) is 6.12. The molecule has 1 aromatic carbocycles. The number of allylic oxidation sites excluding steroid dienone is 1. The van der Waals surface area contributed by atoms with Crippen molar-refractivity contribution in [1.82, 2.24) is 0 Å². The summed E-state index contributed by atoms with van der Waals surface area (Å²) in [5, 5.41) is 0. The van der Waals surface area contributed by atoms with E-state index < -0.39 is 0 Å². The minimum atomic E-state index is -0.232. The number of carbonyl (C=O) groups is 1. The molecule has 0 saturated heterocycles. The third kappa shape index (κ3) is 2.92. The molecule has 0 aliphatic heterocycles. The largest absolute Gasteiger partial charge is 0.497 e. The van der Waals surface area contributed by atoms with E-state index in [4.69, 9.17) is 9.47 Å². The van der Waals surface area contributed by atoms with E-state index in [1.54, 1.807) is 13.2 Å². The van der Waals surface area contributed by atoms with E-state index in [-0.39, 0.29) is 5.97 Å². The SMILES string of the molecule is CCOC(=O)/C=C1/CCc2cc(OC)ccc2C1. The molecule has 18 heavy (non-hydrogen) atoms. The van der Waals surface area contributed by atoms with Crippen LogP contribution in [0.4, 0.5) is 0 Å². The number of benzene rings is 1. The standard InChI is InChI=1S/C15H18O3/c1-3-18-15(16)9-11-4-5-13-10-14(17-2)7-6-12(13)8-11/h6-7,9-10H,3-5,8H2,1-2H3/b11-9-. The van der Waals surface area contributed by atoms with Gasteiger partial charge >= 0.3 is 5.97 Å². The summed E-state index contributed by atoms with van der Waals surface area (Å²) in [6.07, 6.45) is 4.34. The third-order valence-electron chi connectivity index (χ3n) is 3.15. The van der Waals surface area contributed by atoms with Crippen LogP contribution in [-0.4, -0.2) is 19.7 Å². The number of rotatable bonds is 3. The quantitative estimate of drug-likeness (QED) is 0.607. The summed E-state index contributed by atoms with van der Waals surface area (Å²) in [7, 11) is 1.68. The topological polar surface area (TPSA) is 35.5 Å². The van der Waals surface area contributed by atoms with Gasteiger partial charge in [0.05, 0.1) is 13.7 Å². The first-order chi connectivity index (χ1) is 8.72.